The maximum Gasteiger partial charge on any atom is 0.194 e. The molecule has 2 aliphatic heterocycles. The van der Waals surface area contributed by atoms with Crippen LogP contribution in [-0.2, 0) is 4.74 Å². The zero-order valence-corrected chi connectivity index (χ0v) is 19.4. The van der Waals surface area contributed by atoms with Crippen LogP contribution in [0.15, 0.2) is 53.7 Å². The molecular formula is C25H36N6O. The summed E-state index contributed by atoms with van der Waals surface area (Å²) in [5.41, 5.74) is 2.63. The van der Waals surface area contributed by atoms with Crippen LogP contribution in [0.5, 0.6) is 0 Å². The first-order chi connectivity index (χ1) is 15.7. The number of piperazine rings is 1. The summed E-state index contributed by atoms with van der Waals surface area (Å²) in [6, 6.07) is 15.2. The van der Waals surface area contributed by atoms with Gasteiger partial charge in [0.1, 0.15) is 5.82 Å². The number of aromatic nitrogens is 1. The summed E-state index contributed by atoms with van der Waals surface area (Å²) in [7, 11) is 0. The van der Waals surface area contributed by atoms with Crippen LogP contribution in [0.3, 0.4) is 0 Å². The van der Waals surface area contributed by atoms with Crippen molar-refractivity contribution in [3.63, 3.8) is 0 Å². The maximum atomic E-state index is 5.61. The lowest BCUT2D eigenvalue weighted by Crippen LogP contribution is -2.53. The highest BCUT2D eigenvalue weighted by molar-refractivity contribution is 5.80. The van der Waals surface area contributed by atoms with Crippen molar-refractivity contribution in [3.05, 3.63) is 59.8 Å². The third-order valence-electron chi connectivity index (χ3n) is 6.21. The van der Waals surface area contributed by atoms with Crippen LogP contribution in [-0.4, -0.2) is 86.3 Å². The number of aliphatic imine (C=N–C) groups is 1. The predicted molar refractivity (Wildman–Crippen MR) is 130 cm³/mol. The minimum atomic E-state index is 0.266. The Morgan fingerprint density at radius 1 is 1.06 bits per heavy atom. The summed E-state index contributed by atoms with van der Waals surface area (Å²) in [4.78, 5) is 16.9. The summed E-state index contributed by atoms with van der Waals surface area (Å²) < 4.78 is 5.61. The number of pyridine rings is 1. The number of guanidine groups is 1. The first kappa shape index (κ1) is 22.6. The molecule has 0 amide bonds. The van der Waals surface area contributed by atoms with Crippen molar-refractivity contribution < 1.29 is 4.74 Å². The standard InChI is InChI=1S/C25H36N6O/c1-3-26-25(31-13-11-30(12-14-31)24-9-4-5-10-27-24)28-20-23(29-15-17-32-18-16-29)22-8-6-7-21(2)19-22/h4-10,19,23H,3,11-18,20H2,1-2H3,(H,26,28). The molecule has 0 radical (unpaired) electrons. The van der Waals surface area contributed by atoms with Crippen LogP contribution >= 0.6 is 0 Å². The minimum Gasteiger partial charge on any atom is -0.379 e. The van der Waals surface area contributed by atoms with Gasteiger partial charge < -0.3 is 19.9 Å². The van der Waals surface area contributed by atoms with E-state index >= 15 is 0 Å². The van der Waals surface area contributed by atoms with E-state index < -0.39 is 0 Å². The van der Waals surface area contributed by atoms with E-state index in [2.05, 4.69) is 75.2 Å². The van der Waals surface area contributed by atoms with Gasteiger partial charge in [-0.25, -0.2) is 4.98 Å². The number of benzene rings is 1. The maximum absolute atomic E-state index is 5.61. The normalized spacial score (nSPS) is 19.1. The molecular weight excluding hydrogens is 400 g/mol. The Kier molecular flexibility index (Phi) is 7.96. The van der Waals surface area contributed by atoms with Gasteiger partial charge in [-0.1, -0.05) is 35.9 Å². The van der Waals surface area contributed by atoms with Gasteiger partial charge >= 0.3 is 0 Å². The van der Waals surface area contributed by atoms with Gasteiger partial charge in [-0.2, -0.15) is 0 Å². The summed E-state index contributed by atoms with van der Waals surface area (Å²) in [6.07, 6.45) is 1.87. The van der Waals surface area contributed by atoms with E-state index in [0.29, 0.717) is 0 Å². The Hall–Kier alpha value is -2.64. The molecule has 0 saturated carbocycles. The zero-order valence-electron chi connectivity index (χ0n) is 19.4. The number of anilines is 1. The minimum absolute atomic E-state index is 0.266. The van der Waals surface area contributed by atoms with E-state index in [-0.39, 0.29) is 6.04 Å². The molecule has 1 aromatic heterocycles. The van der Waals surface area contributed by atoms with Crippen molar-refractivity contribution in [2.45, 2.75) is 19.9 Å². The number of ether oxygens (including phenoxy) is 1. The van der Waals surface area contributed by atoms with Gasteiger partial charge in [0, 0.05) is 52.0 Å². The van der Waals surface area contributed by atoms with E-state index in [1.165, 1.54) is 11.1 Å². The quantitative estimate of drug-likeness (QED) is 0.555. The van der Waals surface area contributed by atoms with Crippen LogP contribution in [0.4, 0.5) is 5.82 Å². The van der Waals surface area contributed by atoms with Crippen LogP contribution < -0.4 is 10.2 Å². The van der Waals surface area contributed by atoms with Gasteiger partial charge in [-0.3, -0.25) is 9.89 Å². The average Bonchev–Trinajstić information content (AvgIpc) is 2.85. The molecule has 1 unspecified atom stereocenters. The van der Waals surface area contributed by atoms with Gasteiger partial charge in [0.25, 0.3) is 0 Å². The summed E-state index contributed by atoms with van der Waals surface area (Å²) in [5, 5.41) is 3.53. The number of morpholine rings is 1. The predicted octanol–water partition coefficient (Wildman–Crippen LogP) is 2.55. The highest BCUT2D eigenvalue weighted by Crippen LogP contribution is 2.23. The average molecular weight is 437 g/mol. The summed E-state index contributed by atoms with van der Waals surface area (Å²) >= 11 is 0. The van der Waals surface area contributed by atoms with Crippen molar-refractivity contribution in [2.75, 3.05) is 70.5 Å². The van der Waals surface area contributed by atoms with Gasteiger partial charge in [0.05, 0.1) is 25.8 Å². The highest BCUT2D eigenvalue weighted by atomic mass is 16.5. The van der Waals surface area contributed by atoms with Gasteiger partial charge in [0.15, 0.2) is 5.96 Å². The Morgan fingerprint density at radius 3 is 2.56 bits per heavy atom. The molecule has 7 nitrogen and oxygen atoms in total. The first-order valence-electron chi connectivity index (χ1n) is 11.8. The lowest BCUT2D eigenvalue weighted by atomic mass is 10.0. The number of hydrogen-bond donors (Lipinski definition) is 1. The smallest absolute Gasteiger partial charge is 0.194 e. The summed E-state index contributed by atoms with van der Waals surface area (Å²) in [5.74, 6) is 2.07. The number of rotatable bonds is 6. The number of aryl methyl sites for hydroxylation is 1. The first-order valence-corrected chi connectivity index (χ1v) is 11.8. The second-order valence-corrected chi connectivity index (χ2v) is 8.43. The zero-order chi connectivity index (χ0) is 22.2. The Balaban J connectivity index is 1.46. The van der Waals surface area contributed by atoms with E-state index in [1.54, 1.807) is 0 Å². The van der Waals surface area contributed by atoms with Crippen LogP contribution in [0.25, 0.3) is 0 Å². The number of nitrogens with zero attached hydrogens (tertiary/aromatic N) is 5. The van der Waals surface area contributed by atoms with Crippen LogP contribution in [0.1, 0.15) is 24.1 Å². The molecule has 0 spiro atoms. The Labute approximate surface area is 192 Å². The molecule has 3 heterocycles. The number of nitrogens with one attached hydrogen (secondary N) is 1. The van der Waals surface area contributed by atoms with Crippen molar-refractivity contribution in [1.82, 2.24) is 20.1 Å². The fourth-order valence-electron chi connectivity index (χ4n) is 4.49. The van der Waals surface area contributed by atoms with E-state index in [1.807, 2.05) is 12.3 Å². The Morgan fingerprint density at radius 2 is 1.88 bits per heavy atom. The van der Waals surface area contributed by atoms with Gasteiger partial charge in [0.2, 0.25) is 0 Å². The van der Waals surface area contributed by atoms with Gasteiger partial charge in [-0.05, 0) is 31.5 Å². The molecule has 1 aromatic carbocycles. The highest BCUT2D eigenvalue weighted by Gasteiger charge is 2.24. The fourth-order valence-corrected chi connectivity index (χ4v) is 4.49. The SMILES string of the molecule is CCNC(=NCC(c1cccc(C)c1)N1CCOCC1)N1CCN(c2ccccn2)CC1. The molecule has 0 bridgehead atoms. The van der Waals surface area contributed by atoms with Crippen molar-refractivity contribution in [1.29, 1.82) is 0 Å². The Bertz CT molecular complexity index is 860. The third-order valence-corrected chi connectivity index (χ3v) is 6.21. The van der Waals surface area contributed by atoms with Crippen molar-refractivity contribution in [3.8, 4) is 0 Å². The molecule has 2 fully saturated rings. The third kappa shape index (κ3) is 5.78. The van der Waals surface area contributed by atoms with Crippen molar-refractivity contribution in [2.24, 2.45) is 4.99 Å². The molecule has 7 heteroatoms. The molecule has 32 heavy (non-hydrogen) atoms. The monoisotopic (exact) mass is 436 g/mol. The topological polar surface area (TPSA) is 56.2 Å². The second kappa shape index (κ2) is 11.3. The largest absolute Gasteiger partial charge is 0.379 e. The molecule has 1 N–H and O–H groups in total. The van der Waals surface area contributed by atoms with E-state index in [0.717, 1.165) is 77.3 Å². The molecule has 4 rings (SSSR count). The van der Waals surface area contributed by atoms with E-state index in [9.17, 15) is 0 Å². The van der Waals surface area contributed by atoms with Crippen molar-refractivity contribution >= 4 is 11.8 Å². The molecule has 0 aliphatic carbocycles. The molecule has 2 aliphatic rings. The molecule has 1 atom stereocenters. The molecule has 2 aromatic rings. The van der Waals surface area contributed by atoms with E-state index in [4.69, 9.17) is 9.73 Å². The lowest BCUT2D eigenvalue weighted by Gasteiger charge is -2.38. The number of hydrogen-bond acceptors (Lipinski definition) is 5. The fraction of sp³-hybridized carbons (Fsp3) is 0.520. The second-order valence-electron chi connectivity index (χ2n) is 8.43. The van der Waals surface area contributed by atoms with Crippen LogP contribution in [0, 0.1) is 6.92 Å². The summed E-state index contributed by atoms with van der Waals surface area (Å²) in [6.45, 7) is 13.2. The molecule has 2 saturated heterocycles. The lowest BCUT2D eigenvalue weighted by molar-refractivity contribution is 0.0179. The van der Waals surface area contributed by atoms with Crippen LogP contribution in [0.2, 0.25) is 0 Å². The van der Waals surface area contributed by atoms with Gasteiger partial charge in [-0.15, -0.1) is 0 Å². The molecule has 172 valence electrons.